The summed E-state index contributed by atoms with van der Waals surface area (Å²) in [4.78, 5) is 62.5. The van der Waals surface area contributed by atoms with E-state index in [1.54, 1.807) is 81.4 Å². The molecule has 2 rings (SSSR count). The SMILES string of the molecule is C[C@H](NC(=O)N(Cc1ccccc1)NC(=O)[C@H](C)NC(=O)N(Cc1ccccc1)NC(=O)OC(C)(C)C)C(=O)O. The van der Waals surface area contributed by atoms with Crippen LogP contribution >= 0.6 is 0 Å². The minimum atomic E-state index is -1.25. The third-order valence-electron chi connectivity index (χ3n) is 5.17. The Morgan fingerprint density at radius 3 is 1.60 bits per heavy atom. The van der Waals surface area contributed by atoms with Gasteiger partial charge in [-0.15, -0.1) is 0 Å². The number of hydrogen-bond donors (Lipinski definition) is 5. The van der Waals surface area contributed by atoms with E-state index < -0.39 is 47.7 Å². The van der Waals surface area contributed by atoms with Crippen LogP contribution in [0.5, 0.6) is 0 Å². The van der Waals surface area contributed by atoms with Gasteiger partial charge < -0.3 is 20.5 Å². The van der Waals surface area contributed by atoms with Crippen LogP contribution in [0.4, 0.5) is 14.4 Å². The number of carbonyl (C=O) groups excluding carboxylic acids is 4. The molecular formula is C27H36N6O7. The highest BCUT2D eigenvalue weighted by Crippen LogP contribution is 2.09. The maximum absolute atomic E-state index is 13.1. The molecule has 5 N–H and O–H groups in total. The fourth-order valence-corrected chi connectivity index (χ4v) is 3.15. The first-order valence-corrected chi connectivity index (χ1v) is 12.5. The van der Waals surface area contributed by atoms with E-state index in [0.29, 0.717) is 11.1 Å². The monoisotopic (exact) mass is 556 g/mol. The summed E-state index contributed by atoms with van der Waals surface area (Å²) in [6.45, 7) is 7.59. The minimum absolute atomic E-state index is 0.0319. The van der Waals surface area contributed by atoms with Gasteiger partial charge in [0.15, 0.2) is 0 Å². The predicted octanol–water partition coefficient (Wildman–Crippen LogP) is 2.74. The van der Waals surface area contributed by atoms with Crippen molar-refractivity contribution in [2.45, 2.75) is 65.4 Å². The number of hydrazine groups is 2. The maximum atomic E-state index is 13.1. The summed E-state index contributed by atoms with van der Waals surface area (Å²) in [5.74, 6) is -2.02. The van der Waals surface area contributed by atoms with Crippen LogP contribution in [-0.4, -0.2) is 62.8 Å². The average Bonchev–Trinajstić information content (AvgIpc) is 2.87. The summed E-state index contributed by atoms with van der Waals surface area (Å²) in [5, 5.41) is 15.8. The summed E-state index contributed by atoms with van der Waals surface area (Å²) in [6, 6.07) is 13.5. The fourth-order valence-electron chi connectivity index (χ4n) is 3.15. The molecule has 6 amide bonds. The Bertz CT molecular complexity index is 1170. The molecule has 0 spiro atoms. The molecule has 0 saturated heterocycles. The van der Waals surface area contributed by atoms with Crippen LogP contribution in [0.1, 0.15) is 45.7 Å². The van der Waals surface area contributed by atoms with Crippen molar-refractivity contribution in [2.24, 2.45) is 0 Å². The molecule has 0 fully saturated rings. The van der Waals surface area contributed by atoms with Crippen molar-refractivity contribution in [1.82, 2.24) is 31.5 Å². The molecule has 0 radical (unpaired) electrons. The van der Waals surface area contributed by atoms with Crippen LogP contribution in [0.3, 0.4) is 0 Å². The van der Waals surface area contributed by atoms with Gasteiger partial charge in [0.25, 0.3) is 5.91 Å². The number of nitrogens with one attached hydrogen (secondary N) is 4. The lowest BCUT2D eigenvalue weighted by molar-refractivity contribution is -0.138. The quantitative estimate of drug-likeness (QED) is 0.311. The smallest absolute Gasteiger partial charge is 0.426 e. The molecule has 13 nitrogen and oxygen atoms in total. The van der Waals surface area contributed by atoms with Crippen molar-refractivity contribution in [3.63, 3.8) is 0 Å². The predicted molar refractivity (Wildman–Crippen MR) is 145 cm³/mol. The summed E-state index contributed by atoms with van der Waals surface area (Å²) >= 11 is 0. The van der Waals surface area contributed by atoms with Gasteiger partial charge in [0.05, 0.1) is 13.1 Å². The Morgan fingerprint density at radius 2 is 1.18 bits per heavy atom. The largest absolute Gasteiger partial charge is 0.480 e. The van der Waals surface area contributed by atoms with Gasteiger partial charge in [0.2, 0.25) is 0 Å². The van der Waals surface area contributed by atoms with Crippen LogP contribution in [0, 0.1) is 0 Å². The second-order valence-electron chi connectivity index (χ2n) is 9.91. The molecule has 0 heterocycles. The van der Waals surface area contributed by atoms with Crippen LogP contribution in [0.25, 0.3) is 0 Å². The number of carboxylic acids is 1. The second-order valence-corrected chi connectivity index (χ2v) is 9.91. The van der Waals surface area contributed by atoms with Crippen LogP contribution in [0.15, 0.2) is 60.7 Å². The van der Waals surface area contributed by atoms with Crippen LogP contribution < -0.4 is 21.5 Å². The van der Waals surface area contributed by atoms with E-state index in [9.17, 15) is 24.0 Å². The molecule has 216 valence electrons. The molecule has 0 aliphatic rings. The lowest BCUT2D eigenvalue weighted by Gasteiger charge is -2.29. The lowest BCUT2D eigenvalue weighted by atomic mass is 10.2. The number of hydrogen-bond acceptors (Lipinski definition) is 6. The number of benzene rings is 2. The first-order chi connectivity index (χ1) is 18.7. The third-order valence-corrected chi connectivity index (χ3v) is 5.17. The number of ether oxygens (including phenoxy) is 1. The van der Waals surface area contributed by atoms with E-state index in [1.165, 1.54) is 13.8 Å². The number of nitrogens with zero attached hydrogens (tertiary/aromatic N) is 2. The van der Waals surface area contributed by atoms with Crippen molar-refractivity contribution in [3.8, 4) is 0 Å². The van der Waals surface area contributed by atoms with Crippen molar-refractivity contribution < 1.29 is 33.8 Å². The number of carbonyl (C=O) groups is 5. The van der Waals surface area contributed by atoms with E-state index >= 15 is 0 Å². The number of amides is 6. The number of urea groups is 2. The van der Waals surface area contributed by atoms with Gasteiger partial charge in [-0.25, -0.2) is 29.8 Å². The first-order valence-electron chi connectivity index (χ1n) is 12.5. The number of aliphatic carboxylic acids is 1. The summed E-state index contributed by atoms with van der Waals surface area (Å²) in [7, 11) is 0. The molecule has 40 heavy (non-hydrogen) atoms. The van der Waals surface area contributed by atoms with Gasteiger partial charge in [-0.05, 0) is 45.7 Å². The van der Waals surface area contributed by atoms with Gasteiger partial charge in [-0.1, -0.05) is 60.7 Å². The molecule has 0 aromatic heterocycles. The topological polar surface area (TPSA) is 169 Å². The van der Waals surface area contributed by atoms with Crippen LogP contribution in [0.2, 0.25) is 0 Å². The van der Waals surface area contributed by atoms with E-state index in [0.717, 1.165) is 10.0 Å². The van der Waals surface area contributed by atoms with Gasteiger partial charge in [-0.2, -0.15) is 0 Å². The third kappa shape index (κ3) is 10.9. The highest BCUT2D eigenvalue weighted by molar-refractivity contribution is 5.89. The Labute approximate surface area is 232 Å². The highest BCUT2D eigenvalue weighted by Gasteiger charge is 2.27. The molecule has 0 aliphatic heterocycles. The fraction of sp³-hybridized carbons (Fsp3) is 0.370. The zero-order valence-electron chi connectivity index (χ0n) is 23.1. The van der Waals surface area contributed by atoms with Crippen molar-refractivity contribution >= 4 is 30.0 Å². The first kappa shape index (κ1) is 31.4. The molecule has 0 saturated carbocycles. The van der Waals surface area contributed by atoms with Gasteiger partial charge in [0.1, 0.15) is 17.7 Å². The standard InChI is InChI=1S/C27H36N6O7/c1-18(22(34)30-32(16-20-12-8-6-9-13-20)25(38)29-19(2)23(35)36)28-24(37)33(17-21-14-10-7-11-15-21)31-26(39)40-27(3,4)5/h6-15,18-19H,16-17H2,1-5H3,(H,28,37)(H,29,38)(H,30,34)(H,31,39)(H,35,36)/t18-,19-/m0/s1. The number of carboxylic acid groups (broad SMARTS) is 1. The Hall–Kier alpha value is -4.81. The van der Waals surface area contributed by atoms with Gasteiger partial charge >= 0.3 is 24.1 Å². The van der Waals surface area contributed by atoms with Crippen LogP contribution in [-0.2, 0) is 27.4 Å². The molecule has 2 atom stereocenters. The number of rotatable bonds is 8. The van der Waals surface area contributed by atoms with Crippen molar-refractivity contribution in [1.29, 1.82) is 0 Å². The molecule has 0 aliphatic carbocycles. The normalized spacial score (nSPS) is 12.2. The van der Waals surface area contributed by atoms with E-state index in [1.807, 2.05) is 0 Å². The zero-order valence-corrected chi connectivity index (χ0v) is 23.1. The Kier molecular flexibility index (Phi) is 11.3. The average molecular weight is 557 g/mol. The summed E-state index contributed by atoms with van der Waals surface area (Å²) in [5.41, 5.74) is 5.35. The van der Waals surface area contributed by atoms with Gasteiger partial charge in [-0.3, -0.25) is 15.0 Å². The molecule has 0 unspecified atom stereocenters. The minimum Gasteiger partial charge on any atom is -0.480 e. The summed E-state index contributed by atoms with van der Waals surface area (Å²) < 4.78 is 5.25. The lowest BCUT2D eigenvalue weighted by Crippen LogP contribution is -2.59. The molecule has 2 aromatic carbocycles. The van der Waals surface area contributed by atoms with E-state index in [4.69, 9.17) is 9.84 Å². The van der Waals surface area contributed by atoms with Gasteiger partial charge in [0, 0.05) is 0 Å². The molecule has 0 bridgehead atoms. The van der Waals surface area contributed by atoms with Crippen molar-refractivity contribution in [3.05, 3.63) is 71.8 Å². The second kappa shape index (κ2) is 14.4. The highest BCUT2D eigenvalue weighted by atomic mass is 16.6. The molecule has 2 aromatic rings. The van der Waals surface area contributed by atoms with E-state index in [-0.39, 0.29) is 13.1 Å². The van der Waals surface area contributed by atoms with Crippen molar-refractivity contribution in [2.75, 3.05) is 0 Å². The molecule has 13 heteroatoms. The summed E-state index contributed by atoms with van der Waals surface area (Å²) in [6.07, 6.45) is -0.867. The Balaban J connectivity index is 2.14. The van der Waals surface area contributed by atoms with E-state index in [2.05, 4.69) is 21.5 Å². The molecular weight excluding hydrogens is 520 g/mol. The Morgan fingerprint density at radius 1 is 0.750 bits per heavy atom. The zero-order chi connectivity index (χ0) is 29.9. The maximum Gasteiger partial charge on any atom is 0.426 e.